The normalized spacial score (nSPS) is 21.8. The van der Waals surface area contributed by atoms with Crippen LogP contribution in [0.1, 0.15) is 12.0 Å². The predicted molar refractivity (Wildman–Crippen MR) is 101 cm³/mol. The lowest BCUT2D eigenvalue weighted by Crippen LogP contribution is -2.49. The Morgan fingerprint density at radius 1 is 1.00 bits per heavy atom. The Labute approximate surface area is 154 Å². The smallest absolute Gasteiger partial charge is 0.130 e. The lowest BCUT2D eigenvalue weighted by molar-refractivity contribution is 0.170. The third-order valence-electron chi connectivity index (χ3n) is 5.28. The molecule has 0 aliphatic carbocycles. The highest BCUT2D eigenvalue weighted by molar-refractivity contribution is 5.33. The van der Waals surface area contributed by atoms with Crippen LogP contribution in [0, 0.1) is 5.82 Å². The molecular formula is C21H26FN3O. The largest absolute Gasteiger partial charge is 0.457 e. The molecule has 0 amide bonds. The molecule has 1 N–H and O–H groups in total. The lowest BCUT2D eigenvalue weighted by atomic mass is 10.2. The number of halogens is 1. The zero-order valence-corrected chi connectivity index (χ0v) is 15.0. The van der Waals surface area contributed by atoms with Crippen molar-refractivity contribution < 1.29 is 9.13 Å². The molecule has 2 aliphatic rings. The van der Waals surface area contributed by atoms with Gasteiger partial charge in [0.25, 0.3) is 0 Å². The summed E-state index contributed by atoms with van der Waals surface area (Å²) >= 11 is 0. The van der Waals surface area contributed by atoms with Crippen LogP contribution in [0.25, 0.3) is 0 Å². The summed E-state index contributed by atoms with van der Waals surface area (Å²) in [6, 6.07) is 15.1. The quantitative estimate of drug-likeness (QED) is 0.892. The zero-order valence-electron chi connectivity index (χ0n) is 15.0. The van der Waals surface area contributed by atoms with Gasteiger partial charge in [0.05, 0.1) is 0 Å². The van der Waals surface area contributed by atoms with E-state index in [0.717, 1.165) is 38.5 Å². The molecule has 26 heavy (non-hydrogen) atoms. The lowest BCUT2D eigenvalue weighted by Gasteiger charge is -2.32. The van der Waals surface area contributed by atoms with E-state index in [1.807, 2.05) is 12.1 Å². The van der Waals surface area contributed by atoms with Crippen molar-refractivity contribution in [3.05, 3.63) is 59.9 Å². The van der Waals surface area contributed by atoms with Crippen LogP contribution < -0.4 is 10.1 Å². The highest BCUT2D eigenvalue weighted by Gasteiger charge is 2.28. The van der Waals surface area contributed by atoms with Gasteiger partial charge in [0, 0.05) is 57.9 Å². The van der Waals surface area contributed by atoms with Crippen molar-refractivity contribution in [1.29, 1.82) is 0 Å². The highest BCUT2D eigenvalue weighted by atomic mass is 19.1. The van der Waals surface area contributed by atoms with Crippen molar-refractivity contribution in [3.63, 3.8) is 0 Å². The maximum Gasteiger partial charge on any atom is 0.130 e. The van der Waals surface area contributed by atoms with Crippen LogP contribution in [-0.2, 0) is 6.54 Å². The summed E-state index contributed by atoms with van der Waals surface area (Å²) in [6.45, 7) is 7.86. The molecular weight excluding hydrogens is 329 g/mol. The van der Waals surface area contributed by atoms with Crippen LogP contribution in [0.4, 0.5) is 4.39 Å². The number of hydrogen-bond donors (Lipinski definition) is 1. The minimum absolute atomic E-state index is 0.285. The number of nitrogens with one attached hydrogen (secondary N) is 1. The minimum Gasteiger partial charge on any atom is -0.457 e. The first-order valence-electron chi connectivity index (χ1n) is 9.46. The summed E-state index contributed by atoms with van der Waals surface area (Å²) in [6.07, 6.45) is 1.26. The Morgan fingerprint density at radius 2 is 1.81 bits per heavy atom. The zero-order chi connectivity index (χ0) is 17.8. The van der Waals surface area contributed by atoms with Gasteiger partial charge in [-0.15, -0.1) is 0 Å². The summed E-state index contributed by atoms with van der Waals surface area (Å²) in [5.41, 5.74) is 1.29. The molecule has 0 spiro atoms. The van der Waals surface area contributed by atoms with E-state index in [2.05, 4.69) is 27.2 Å². The molecule has 2 aromatic rings. The van der Waals surface area contributed by atoms with Gasteiger partial charge < -0.3 is 10.1 Å². The number of ether oxygens (including phenoxy) is 1. The van der Waals surface area contributed by atoms with E-state index in [0.29, 0.717) is 11.8 Å². The number of benzene rings is 2. The summed E-state index contributed by atoms with van der Waals surface area (Å²) < 4.78 is 18.9. The first kappa shape index (κ1) is 17.5. The summed E-state index contributed by atoms with van der Waals surface area (Å²) in [7, 11) is 0. The fourth-order valence-corrected chi connectivity index (χ4v) is 3.89. The van der Waals surface area contributed by atoms with Crippen molar-refractivity contribution in [1.82, 2.24) is 15.1 Å². The molecule has 0 aromatic heterocycles. The van der Waals surface area contributed by atoms with Crippen LogP contribution in [0.15, 0.2) is 48.5 Å². The number of piperazine rings is 1. The average Bonchev–Trinajstić information content (AvgIpc) is 3.13. The van der Waals surface area contributed by atoms with Crippen molar-refractivity contribution in [2.45, 2.75) is 19.0 Å². The number of rotatable bonds is 5. The molecule has 0 bridgehead atoms. The molecule has 138 valence electrons. The van der Waals surface area contributed by atoms with Gasteiger partial charge in [-0.3, -0.25) is 9.80 Å². The molecule has 2 heterocycles. The molecule has 1 atom stereocenters. The van der Waals surface area contributed by atoms with Crippen LogP contribution in [0.2, 0.25) is 0 Å². The second kappa shape index (κ2) is 8.16. The van der Waals surface area contributed by atoms with Crippen molar-refractivity contribution in [3.8, 4) is 11.5 Å². The molecule has 2 fully saturated rings. The van der Waals surface area contributed by atoms with Gasteiger partial charge in [-0.05, 0) is 36.2 Å². The third kappa shape index (κ3) is 4.41. The maximum absolute atomic E-state index is 13.2. The van der Waals surface area contributed by atoms with Gasteiger partial charge in [0.2, 0.25) is 0 Å². The fourth-order valence-electron chi connectivity index (χ4n) is 3.89. The first-order valence-corrected chi connectivity index (χ1v) is 9.46. The topological polar surface area (TPSA) is 27.7 Å². The van der Waals surface area contributed by atoms with Crippen LogP contribution in [0.3, 0.4) is 0 Å². The van der Waals surface area contributed by atoms with E-state index in [-0.39, 0.29) is 5.82 Å². The Hall–Kier alpha value is -1.95. The predicted octanol–water partition coefficient (Wildman–Crippen LogP) is 3.10. The molecule has 5 heteroatoms. The van der Waals surface area contributed by atoms with E-state index < -0.39 is 0 Å². The Balaban J connectivity index is 1.30. The second-order valence-corrected chi connectivity index (χ2v) is 7.17. The number of likely N-dealkylation sites (tertiary alicyclic amines) is 1. The van der Waals surface area contributed by atoms with Gasteiger partial charge in [-0.2, -0.15) is 0 Å². The first-order chi connectivity index (χ1) is 12.8. The van der Waals surface area contributed by atoms with Crippen molar-refractivity contribution >= 4 is 0 Å². The Kier molecular flexibility index (Phi) is 5.48. The van der Waals surface area contributed by atoms with Crippen LogP contribution >= 0.6 is 0 Å². The summed E-state index contributed by atoms with van der Waals surface area (Å²) in [5.74, 6) is 0.975. The molecule has 0 radical (unpaired) electrons. The van der Waals surface area contributed by atoms with E-state index >= 15 is 0 Å². The molecule has 4 rings (SSSR count). The van der Waals surface area contributed by atoms with E-state index in [9.17, 15) is 4.39 Å². The van der Waals surface area contributed by atoms with Crippen LogP contribution in [-0.4, -0.2) is 55.1 Å². The van der Waals surface area contributed by atoms with E-state index in [1.165, 1.54) is 37.2 Å². The van der Waals surface area contributed by atoms with Crippen LogP contribution in [0.5, 0.6) is 11.5 Å². The van der Waals surface area contributed by atoms with Crippen molar-refractivity contribution in [2.75, 3.05) is 39.3 Å². The molecule has 4 nitrogen and oxygen atoms in total. The Morgan fingerprint density at radius 3 is 2.58 bits per heavy atom. The average molecular weight is 355 g/mol. The Bertz CT molecular complexity index is 715. The maximum atomic E-state index is 13.2. The van der Waals surface area contributed by atoms with Gasteiger partial charge in [0.15, 0.2) is 0 Å². The van der Waals surface area contributed by atoms with E-state index in [1.54, 1.807) is 12.1 Å². The number of nitrogens with zero attached hydrogens (tertiary/aromatic N) is 2. The number of hydrogen-bond acceptors (Lipinski definition) is 4. The summed E-state index contributed by atoms with van der Waals surface area (Å²) in [5, 5.41) is 3.43. The van der Waals surface area contributed by atoms with E-state index in [4.69, 9.17) is 4.74 Å². The minimum atomic E-state index is -0.285. The SMILES string of the molecule is Fc1cccc(Oc2ccc(CN3CCC(N4CCNCC4)C3)cc2)c1. The van der Waals surface area contributed by atoms with Gasteiger partial charge in [-0.25, -0.2) is 4.39 Å². The van der Waals surface area contributed by atoms with Crippen molar-refractivity contribution in [2.24, 2.45) is 0 Å². The molecule has 2 aliphatic heterocycles. The third-order valence-corrected chi connectivity index (χ3v) is 5.28. The fraction of sp³-hybridized carbons (Fsp3) is 0.429. The monoisotopic (exact) mass is 355 g/mol. The molecule has 1 unspecified atom stereocenters. The molecule has 0 saturated carbocycles. The summed E-state index contributed by atoms with van der Waals surface area (Å²) in [4.78, 5) is 5.17. The molecule has 2 aromatic carbocycles. The second-order valence-electron chi connectivity index (χ2n) is 7.17. The van der Waals surface area contributed by atoms with Gasteiger partial charge in [-0.1, -0.05) is 18.2 Å². The van der Waals surface area contributed by atoms with Gasteiger partial charge >= 0.3 is 0 Å². The highest BCUT2D eigenvalue weighted by Crippen LogP contribution is 2.24. The van der Waals surface area contributed by atoms with Gasteiger partial charge in [0.1, 0.15) is 17.3 Å². The molecule has 2 saturated heterocycles. The standard InChI is InChI=1S/C21H26FN3O/c22-18-2-1-3-21(14-18)26-20-6-4-17(5-7-20)15-24-11-8-19(16-24)25-12-9-23-10-13-25/h1-7,14,19,23H,8-13,15-16H2.